The number of halogens is 2. The Morgan fingerprint density at radius 1 is 1.20 bits per heavy atom. The van der Waals surface area contributed by atoms with Crippen LogP contribution in [0.25, 0.3) is 0 Å². The smallest absolute Gasteiger partial charge is 0.274 e. The first-order valence-electron chi connectivity index (χ1n) is 11.7. The van der Waals surface area contributed by atoms with Crippen molar-refractivity contribution in [2.24, 2.45) is 24.8 Å². The number of aryl methyl sites for hydroxylation is 1. The lowest BCUT2D eigenvalue weighted by Gasteiger charge is -2.36. The Labute approximate surface area is 207 Å². The molecule has 0 bridgehead atoms. The number of carbonyl (C=O) groups excluding carboxylic acids is 1. The molecule has 0 spiro atoms. The number of carbonyl (C=O) groups is 1. The van der Waals surface area contributed by atoms with Gasteiger partial charge in [0.05, 0.1) is 29.0 Å². The van der Waals surface area contributed by atoms with Gasteiger partial charge in [-0.1, -0.05) is 23.4 Å². The van der Waals surface area contributed by atoms with E-state index in [1.165, 1.54) is 18.2 Å². The van der Waals surface area contributed by atoms with Crippen LogP contribution in [0.15, 0.2) is 24.5 Å². The van der Waals surface area contributed by atoms with Crippen molar-refractivity contribution in [3.8, 4) is 17.9 Å². The summed E-state index contributed by atoms with van der Waals surface area (Å²) < 4.78 is 15.1. The SMILES string of the molecule is Cn1cnc(C2CC3CC(O)(C#CC4(O)CC(C#N)C4)CC3C2)c1C(=O)Nc1ccc(F)c(Cl)c1. The monoisotopic (exact) mass is 496 g/mol. The van der Waals surface area contributed by atoms with Gasteiger partial charge in [-0.05, 0) is 55.7 Å². The molecule has 1 aromatic carbocycles. The van der Waals surface area contributed by atoms with Gasteiger partial charge in [-0.3, -0.25) is 4.79 Å². The van der Waals surface area contributed by atoms with Crippen LogP contribution < -0.4 is 5.32 Å². The summed E-state index contributed by atoms with van der Waals surface area (Å²) in [5.74, 6) is 5.26. The van der Waals surface area contributed by atoms with Crippen LogP contribution in [0, 0.1) is 46.7 Å². The summed E-state index contributed by atoms with van der Waals surface area (Å²) in [6.07, 6.45) is 4.88. The molecular formula is C26H26ClFN4O3. The van der Waals surface area contributed by atoms with Gasteiger partial charge in [0.25, 0.3) is 5.91 Å². The molecule has 3 N–H and O–H groups in total. The molecule has 1 aromatic heterocycles. The lowest BCUT2D eigenvalue weighted by atomic mass is 9.72. The number of nitrogens with zero attached hydrogens (tertiary/aromatic N) is 3. The third-order valence-electron chi connectivity index (χ3n) is 7.66. The number of benzene rings is 1. The Bertz CT molecular complexity index is 1270. The first kappa shape index (κ1) is 23.8. The number of rotatable bonds is 3. The Morgan fingerprint density at radius 3 is 2.43 bits per heavy atom. The first-order valence-corrected chi connectivity index (χ1v) is 12.1. The number of anilines is 1. The minimum atomic E-state index is -1.17. The summed E-state index contributed by atoms with van der Waals surface area (Å²) in [4.78, 5) is 17.6. The lowest BCUT2D eigenvalue weighted by Crippen LogP contribution is -2.42. The van der Waals surface area contributed by atoms with Crippen molar-refractivity contribution < 1.29 is 19.4 Å². The van der Waals surface area contributed by atoms with E-state index in [1.54, 1.807) is 17.9 Å². The highest BCUT2D eigenvalue weighted by molar-refractivity contribution is 6.31. The second-order valence-corrected chi connectivity index (χ2v) is 10.7. The molecule has 2 unspecified atom stereocenters. The highest BCUT2D eigenvalue weighted by Gasteiger charge is 2.50. The molecule has 3 saturated carbocycles. The van der Waals surface area contributed by atoms with E-state index in [0.29, 0.717) is 42.8 Å². The van der Waals surface area contributed by atoms with Crippen LogP contribution in [0.1, 0.15) is 60.6 Å². The molecule has 9 heteroatoms. The van der Waals surface area contributed by atoms with E-state index in [9.17, 15) is 19.4 Å². The minimum absolute atomic E-state index is 0.0680. The molecule has 182 valence electrons. The van der Waals surface area contributed by atoms with E-state index in [1.807, 2.05) is 0 Å². The van der Waals surface area contributed by atoms with Crippen molar-refractivity contribution in [3.05, 3.63) is 46.8 Å². The number of hydrogen-bond acceptors (Lipinski definition) is 5. The van der Waals surface area contributed by atoms with Crippen molar-refractivity contribution >= 4 is 23.2 Å². The van der Waals surface area contributed by atoms with Gasteiger partial charge in [0, 0.05) is 31.5 Å². The van der Waals surface area contributed by atoms with Gasteiger partial charge in [-0.15, -0.1) is 0 Å². The molecule has 2 aromatic rings. The van der Waals surface area contributed by atoms with Gasteiger partial charge in [-0.25, -0.2) is 9.37 Å². The van der Waals surface area contributed by atoms with Crippen molar-refractivity contribution in [2.45, 2.75) is 55.6 Å². The summed E-state index contributed by atoms with van der Waals surface area (Å²) in [5.41, 5.74) is -0.741. The van der Waals surface area contributed by atoms with E-state index in [-0.39, 0.29) is 34.6 Å². The standard InChI is InChI=1S/C26H26ClFN4O3/c1-32-14-30-22(23(32)24(33)31-19-2-3-21(28)20(27)8-19)16-6-17-11-26(35,12-18(17)7-16)5-4-25(34)9-15(10-25)13-29/h2-3,8,14-18,34-35H,6-7,9-12H2,1H3,(H,31,33). The number of aliphatic hydroxyl groups is 2. The Balaban J connectivity index is 1.26. The van der Waals surface area contributed by atoms with E-state index >= 15 is 0 Å². The van der Waals surface area contributed by atoms with Crippen LogP contribution in [0.4, 0.5) is 10.1 Å². The number of hydrogen-bond donors (Lipinski definition) is 3. The minimum Gasteiger partial charge on any atom is -0.378 e. The number of amides is 1. The van der Waals surface area contributed by atoms with E-state index in [4.69, 9.17) is 16.9 Å². The van der Waals surface area contributed by atoms with Crippen LogP contribution in [-0.4, -0.2) is 36.9 Å². The fourth-order valence-corrected chi connectivity index (χ4v) is 6.14. The summed E-state index contributed by atoms with van der Waals surface area (Å²) in [5, 5.41) is 33.1. The zero-order valence-electron chi connectivity index (χ0n) is 19.3. The molecule has 3 aliphatic carbocycles. The molecule has 0 saturated heterocycles. The third kappa shape index (κ3) is 4.54. The molecule has 1 amide bonds. The van der Waals surface area contributed by atoms with Gasteiger partial charge in [0.2, 0.25) is 0 Å². The molecule has 5 rings (SSSR count). The lowest BCUT2D eigenvalue weighted by molar-refractivity contribution is -0.00354. The maximum Gasteiger partial charge on any atom is 0.274 e. The fraction of sp³-hybridized carbons (Fsp3) is 0.500. The second-order valence-electron chi connectivity index (χ2n) is 10.3. The number of fused-ring (bicyclic) bond motifs is 1. The van der Waals surface area contributed by atoms with Crippen LogP contribution in [0.5, 0.6) is 0 Å². The molecule has 3 aliphatic rings. The number of aromatic nitrogens is 2. The summed E-state index contributed by atoms with van der Waals surface area (Å²) in [7, 11) is 1.76. The van der Waals surface area contributed by atoms with Gasteiger partial charge >= 0.3 is 0 Å². The summed E-state index contributed by atoms with van der Waals surface area (Å²) >= 11 is 5.84. The Hall–Kier alpha value is -2.91. The maximum atomic E-state index is 13.5. The maximum absolute atomic E-state index is 13.5. The number of imidazole rings is 1. The van der Waals surface area contributed by atoms with Crippen molar-refractivity contribution in [2.75, 3.05) is 5.32 Å². The average Bonchev–Trinajstić information content (AvgIpc) is 3.44. The number of nitriles is 1. The number of nitrogens with one attached hydrogen (secondary N) is 1. The summed E-state index contributed by atoms with van der Waals surface area (Å²) in [6, 6.07) is 6.16. The normalized spacial score (nSPS) is 33.3. The van der Waals surface area contributed by atoms with Gasteiger partial charge in [0.15, 0.2) is 0 Å². The molecule has 0 radical (unpaired) electrons. The summed E-state index contributed by atoms with van der Waals surface area (Å²) in [6.45, 7) is 0. The third-order valence-corrected chi connectivity index (χ3v) is 7.95. The topological polar surface area (TPSA) is 111 Å². The van der Waals surface area contributed by atoms with E-state index in [2.05, 4.69) is 28.2 Å². The zero-order chi connectivity index (χ0) is 25.0. The molecule has 2 atom stereocenters. The largest absolute Gasteiger partial charge is 0.378 e. The van der Waals surface area contributed by atoms with Crippen LogP contribution >= 0.6 is 11.6 Å². The van der Waals surface area contributed by atoms with E-state index < -0.39 is 17.0 Å². The predicted octanol–water partition coefficient (Wildman–Crippen LogP) is 3.77. The highest BCUT2D eigenvalue weighted by Crippen LogP contribution is 2.54. The van der Waals surface area contributed by atoms with E-state index in [0.717, 1.165) is 12.8 Å². The molecule has 7 nitrogen and oxygen atoms in total. The second kappa shape index (κ2) is 8.64. The van der Waals surface area contributed by atoms with Crippen LogP contribution in [-0.2, 0) is 7.05 Å². The van der Waals surface area contributed by atoms with Crippen molar-refractivity contribution in [1.29, 1.82) is 5.26 Å². The first-order chi connectivity index (χ1) is 16.6. The molecule has 35 heavy (non-hydrogen) atoms. The Morgan fingerprint density at radius 2 is 1.83 bits per heavy atom. The fourth-order valence-electron chi connectivity index (χ4n) is 5.96. The quantitative estimate of drug-likeness (QED) is 0.560. The molecule has 3 fully saturated rings. The molecule has 0 aliphatic heterocycles. The van der Waals surface area contributed by atoms with Gasteiger partial charge in [-0.2, -0.15) is 5.26 Å². The predicted molar refractivity (Wildman–Crippen MR) is 127 cm³/mol. The van der Waals surface area contributed by atoms with Crippen LogP contribution in [0.3, 0.4) is 0 Å². The van der Waals surface area contributed by atoms with Gasteiger partial charge in [0.1, 0.15) is 22.7 Å². The van der Waals surface area contributed by atoms with Crippen molar-refractivity contribution in [3.63, 3.8) is 0 Å². The van der Waals surface area contributed by atoms with Crippen molar-refractivity contribution in [1.82, 2.24) is 9.55 Å². The van der Waals surface area contributed by atoms with Crippen LogP contribution in [0.2, 0.25) is 5.02 Å². The Kier molecular flexibility index (Phi) is 5.88. The molecule has 1 heterocycles. The molecular weight excluding hydrogens is 471 g/mol. The van der Waals surface area contributed by atoms with Gasteiger partial charge < -0.3 is 20.1 Å². The highest BCUT2D eigenvalue weighted by atomic mass is 35.5. The average molecular weight is 497 g/mol. The zero-order valence-corrected chi connectivity index (χ0v) is 20.0.